The Bertz CT molecular complexity index is 1130. The average molecular weight is 388 g/mol. The predicted octanol–water partition coefficient (Wildman–Crippen LogP) is 5.44. The zero-order chi connectivity index (χ0) is 19.5. The van der Waals surface area contributed by atoms with E-state index in [1.165, 1.54) is 11.1 Å². The van der Waals surface area contributed by atoms with Crippen LogP contribution in [0.3, 0.4) is 0 Å². The molecule has 5 nitrogen and oxygen atoms in total. The molecular formula is C22H20N4OS. The molecule has 3 aromatic heterocycles. The van der Waals surface area contributed by atoms with Gasteiger partial charge in [-0.2, -0.15) is 16.3 Å². The van der Waals surface area contributed by atoms with E-state index in [4.69, 9.17) is 4.52 Å². The van der Waals surface area contributed by atoms with E-state index in [1.54, 1.807) is 17.5 Å². The van der Waals surface area contributed by atoms with Crippen LogP contribution < -0.4 is 5.32 Å². The summed E-state index contributed by atoms with van der Waals surface area (Å²) in [7, 11) is 1.82. The van der Waals surface area contributed by atoms with Gasteiger partial charge >= 0.3 is 0 Å². The lowest BCUT2D eigenvalue weighted by Crippen LogP contribution is -1.96. The van der Waals surface area contributed by atoms with Gasteiger partial charge in [0.25, 0.3) is 5.89 Å². The fraction of sp³-hybridized carbons (Fsp3) is 0.136. The van der Waals surface area contributed by atoms with Crippen molar-refractivity contribution in [3.8, 4) is 11.4 Å². The molecule has 28 heavy (non-hydrogen) atoms. The Kier molecular flexibility index (Phi) is 5.04. The molecule has 0 bridgehead atoms. The summed E-state index contributed by atoms with van der Waals surface area (Å²) in [5, 5.41) is 11.4. The monoisotopic (exact) mass is 388 g/mol. The lowest BCUT2D eigenvalue weighted by Gasteiger charge is -2.04. The summed E-state index contributed by atoms with van der Waals surface area (Å²) in [6.07, 6.45) is 3.82. The largest absolute Gasteiger partial charge is 0.373 e. The average Bonchev–Trinajstić information content (AvgIpc) is 3.41. The highest BCUT2D eigenvalue weighted by Crippen LogP contribution is 2.30. The number of nitrogens with one attached hydrogen (secondary N) is 1. The molecule has 0 amide bonds. The number of thiophene rings is 1. The van der Waals surface area contributed by atoms with Crippen LogP contribution in [0.5, 0.6) is 0 Å². The number of nitrogens with zero attached hydrogens (tertiary/aromatic N) is 3. The van der Waals surface area contributed by atoms with Crippen molar-refractivity contribution in [3.63, 3.8) is 0 Å². The summed E-state index contributed by atoms with van der Waals surface area (Å²) in [6.45, 7) is 4.23. The van der Waals surface area contributed by atoms with Crippen LogP contribution in [0, 0.1) is 13.8 Å². The smallest absolute Gasteiger partial charge is 0.258 e. The van der Waals surface area contributed by atoms with Gasteiger partial charge in [0.2, 0.25) is 5.82 Å². The highest BCUT2D eigenvalue weighted by molar-refractivity contribution is 7.08. The molecule has 0 saturated heterocycles. The van der Waals surface area contributed by atoms with E-state index in [0.29, 0.717) is 17.5 Å². The van der Waals surface area contributed by atoms with Gasteiger partial charge in [0.1, 0.15) is 5.82 Å². The number of aryl methyl sites for hydroxylation is 2. The van der Waals surface area contributed by atoms with Gasteiger partial charge in [0.05, 0.1) is 5.56 Å². The number of rotatable bonds is 5. The van der Waals surface area contributed by atoms with E-state index in [0.717, 1.165) is 22.3 Å². The van der Waals surface area contributed by atoms with E-state index in [2.05, 4.69) is 70.0 Å². The second kappa shape index (κ2) is 7.78. The molecule has 0 fully saturated rings. The van der Waals surface area contributed by atoms with Crippen molar-refractivity contribution < 1.29 is 4.52 Å². The summed E-state index contributed by atoms with van der Waals surface area (Å²) in [6, 6.07) is 12.2. The summed E-state index contributed by atoms with van der Waals surface area (Å²) in [4.78, 5) is 8.98. The van der Waals surface area contributed by atoms with Crippen molar-refractivity contribution in [3.05, 3.63) is 81.5 Å². The molecule has 1 N–H and O–H groups in total. The molecule has 4 aromatic rings. The first-order valence-electron chi connectivity index (χ1n) is 8.94. The van der Waals surface area contributed by atoms with E-state index in [-0.39, 0.29) is 0 Å². The maximum absolute atomic E-state index is 5.65. The van der Waals surface area contributed by atoms with Crippen LogP contribution in [0.25, 0.3) is 23.0 Å². The van der Waals surface area contributed by atoms with Gasteiger partial charge in [0.15, 0.2) is 0 Å². The van der Waals surface area contributed by atoms with Crippen molar-refractivity contribution in [2.24, 2.45) is 0 Å². The second-order valence-electron chi connectivity index (χ2n) is 6.49. The standard InChI is InChI=1S/C22H20N4OS/c1-14-6-7-16(11-15(14)2)12-19(17-8-10-28-13-17)22-25-21(26-27-22)18-5-4-9-24-20(18)23-3/h4-13H,1-3H3,(H,23,24)/b19-12-. The Morgan fingerprint density at radius 2 is 2.04 bits per heavy atom. The van der Waals surface area contributed by atoms with Crippen LogP contribution in [-0.4, -0.2) is 22.2 Å². The third-order valence-electron chi connectivity index (χ3n) is 4.62. The first kappa shape index (κ1) is 18.1. The maximum atomic E-state index is 5.65. The number of aromatic nitrogens is 3. The van der Waals surface area contributed by atoms with E-state index in [1.807, 2.05) is 24.6 Å². The van der Waals surface area contributed by atoms with Gasteiger partial charge in [-0.05, 0) is 71.1 Å². The van der Waals surface area contributed by atoms with Crippen LogP contribution in [-0.2, 0) is 0 Å². The van der Waals surface area contributed by atoms with E-state index >= 15 is 0 Å². The number of anilines is 1. The molecular weight excluding hydrogens is 368 g/mol. The molecule has 0 saturated carbocycles. The first-order valence-corrected chi connectivity index (χ1v) is 9.88. The van der Waals surface area contributed by atoms with E-state index in [9.17, 15) is 0 Å². The van der Waals surface area contributed by atoms with Crippen LogP contribution in [0.15, 0.2) is 57.9 Å². The zero-order valence-corrected chi connectivity index (χ0v) is 16.7. The number of benzene rings is 1. The third-order valence-corrected chi connectivity index (χ3v) is 5.30. The number of pyridine rings is 1. The topological polar surface area (TPSA) is 63.8 Å². The molecule has 140 valence electrons. The van der Waals surface area contributed by atoms with Crippen molar-refractivity contribution >= 4 is 28.8 Å². The minimum absolute atomic E-state index is 0.484. The lowest BCUT2D eigenvalue weighted by atomic mass is 10.0. The summed E-state index contributed by atoms with van der Waals surface area (Å²) >= 11 is 1.64. The molecule has 6 heteroatoms. The summed E-state index contributed by atoms with van der Waals surface area (Å²) in [5.41, 5.74) is 6.37. The molecule has 1 aromatic carbocycles. The van der Waals surface area contributed by atoms with Gasteiger partial charge in [0, 0.05) is 18.8 Å². The highest BCUT2D eigenvalue weighted by atomic mass is 32.1. The fourth-order valence-electron chi connectivity index (χ4n) is 2.93. The van der Waals surface area contributed by atoms with Gasteiger partial charge in [-0.25, -0.2) is 4.98 Å². The minimum Gasteiger partial charge on any atom is -0.373 e. The SMILES string of the molecule is CNc1ncccc1-c1noc(/C(=C\c2ccc(C)c(C)c2)c2ccsc2)n1. The minimum atomic E-state index is 0.484. The molecule has 0 unspecified atom stereocenters. The Morgan fingerprint density at radius 1 is 1.14 bits per heavy atom. The van der Waals surface area contributed by atoms with Gasteiger partial charge in [-0.1, -0.05) is 23.4 Å². The van der Waals surface area contributed by atoms with Crippen molar-refractivity contribution in [2.75, 3.05) is 12.4 Å². The second-order valence-corrected chi connectivity index (χ2v) is 7.27. The maximum Gasteiger partial charge on any atom is 0.258 e. The molecule has 0 spiro atoms. The zero-order valence-electron chi connectivity index (χ0n) is 15.9. The Morgan fingerprint density at radius 3 is 2.79 bits per heavy atom. The highest BCUT2D eigenvalue weighted by Gasteiger charge is 2.17. The molecule has 0 radical (unpaired) electrons. The lowest BCUT2D eigenvalue weighted by molar-refractivity contribution is 0.409. The van der Waals surface area contributed by atoms with Crippen LogP contribution in [0.2, 0.25) is 0 Å². The molecule has 0 atom stereocenters. The van der Waals surface area contributed by atoms with Crippen molar-refractivity contribution in [1.29, 1.82) is 0 Å². The van der Waals surface area contributed by atoms with Crippen LogP contribution in [0.1, 0.15) is 28.1 Å². The normalized spacial score (nSPS) is 11.6. The molecule has 0 aliphatic heterocycles. The van der Waals surface area contributed by atoms with Gasteiger partial charge in [-0.3, -0.25) is 0 Å². The Balaban J connectivity index is 1.79. The Labute approximate surface area is 167 Å². The number of hydrogen-bond acceptors (Lipinski definition) is 6. The first-order chi connectivity index (χ1) is 13.7. The molecule has 4 rings (SSSR count). The third kappa shape index (κ3) is 3.59. The molecule has 0 aliphatic rings. The van der Waals surface area contributed by atoms with Crippen LogP contribution >= 0.6 is 11.3 Å². The quantitative estimate of drug-likeness (QED) is 0.493. The van der Waals surface area contributed by atoms with E-state index < -0.39 is 0 Å². The molecule has 3 heterocycles. The molecule has 0 aliphatic carbocycles. The van der Waals surface area contributed by atoms with Gasteiger partial charge < -0.3 is 9.84 Å². The number of hydrogen-bond donors (Lipinski definition) is 1. The summed E-state index contributed by atoms with van der Waals surface area (Å²) < 4.78 is 5.65. The van der Waals surface area contributed by atoms with Crippen molar-refractivity contribution in [1.82, 2.24) is 15.1 Å². The van der Waals surface area contributed by atoms with Crippen molar-refractivity contribution in [2.45, 2.75) is 13.8 Å². The Hall–Kier alpha value is -3.25. The fourth-order valence-corrected chi connectivity index (χ4v) is 3.59. The van der Waals surface area contributed by atoms with Crippen LogP contribution in [0.4, 0.5) is 5.82 Å². The van der Waals surface area contributed by atoms with Gasteiger partial charge in [-0.15, -0.1) is 0 Å². The summed E-state index contributed by atoms with van der Waals surface area (Å²) in [5.74, 6) is 1.70. The predicted molar refractivity (Wildman–Crippen MR) is 114 cm³/mol.